The number of nitrogens with zero attached hydrogens (tertiary/aromatic N) is 2. The quantitative estimate of drug-likeness (QED) is 0.304. The van der Waals surface area contributed by atoms with Gasteiger partial charge in [0.2, 0.25) is 0 Å². The van der Waals surface area contributed by atoms with Crippen LogP contribution < -0.4 is 5.32 Å². The molecule has 0 saturated carbocycles. The van der Waals surface area contributed by atoms with Crippen LogP contribution in [0.1, 0.15) is 20.3 Å². The first-order chi connectivity index (χ1) is 10.0. The third-order valence-electron chi connectivity index (χ3n) is 3.56. The number of guanidine groups is 1. The Morgan fingerprint density at radius 2 is 1.95 bits per heavy atom. The highest BCUT2D eigenvalue weighted by Crippen LogP contribution is 2.24. The van der Waals surface area contributed by atoms with Crippen molar-refractivity contribution >= 4 is 41.9 Å². The van der Waals surface area contributed by atoms with Crippen molar-refractivity contribution < 1.29 is 19.1 Å². The van der Waals surface area contributed by atoms with Gasteiger partial charge >= 0.3 is 11.9 Å². The molecule has 0 aliphatic carbocycles. The van der Waals surface area contributed by atoms with Crippen molar-refractivity contribution in [3.05, 3.63) is 0 Å². The molecule has 0 bridgehead atoms. The molecule has 1 aliphatic heterocycles. The number of hydrogen-bond donors (Lipinski definition) is 1. The Bertz CT molecular complexity index is 404. The Kier molecular flexibility index (Phi) is 10.1. The lowest BCUT2D eigenvalue weighted by Crippen LogP contribution is -2.40. The van der Waals surface area contributed by atoms with Gasteiger partial charge in [-0.3, -0.25) is 14.6 Å². The van der Waals surface area contributed by atoms with Gasteiger partial charge in [-0.25, -0.2) is 0 Å². The molecule has 1 rings (SSSR count). The van der Waals surface area contributed by atoms with Gasteiger partial charge < -0.3 is 19.7 Å². The Labute approximate surface area is 148 Å². The zero-order valence-corrected chi connectivity index (χ0v) is 16.0. The van der Waals surface area contributed by atoms with Gasteiger partial charge in [-0.05, 0) is 12.8 Å². The van der Waals surface area contributed by atoms with Crippen LogP contribution in [0.15, 0.2) is 4.99 Å². The van der Waals surface area contributed by atoms with Gasteiger partial charge in [0.25, 0.3) is 0 Å². The number of methoxy groups -OCH3 is 2. The van der Waals surface area contributed by atoms with Crippen LogP contribution in [0.25, 0.3) is 0 Å². The summed E-state index contributed by atoms with van der Waals surface area (Å²) >= 11 is 0. The van der Waals surface area contributed by atoms with Crippen molar-refractivity contribution in [3.8, 4) is 0 Å². The first-order valence-corrected chi connectivity index (χ1v) is 7.21. The number of halogens is 1. The number of carbonyl (C=O) groups excluding carboxylic acids is 2. The number of ether oxygens (including phenoxy) is 2. The third-order valence-corrected chi connectivity index (χ3v) is 3.56. The SMILES string of the molecule is CCNC(=NCCC(=O)OC)N1CC(C)C(C(=O)OC)C1.I. The summed E-state index contributed by atoms with van der Waals surface area (Å²) in [4.78, 5) is 29.3. The molecule has 2 atom stereocenters. The van der Waals surface area contributed by atoms with Crippen LogP contribution in [0.5, 0.6) is 0 Å². The van der Waals surface area contributed by atoms with Crippen molar-refractivity contribution in [1.82, 2.24) is 10.2 Å². The van der Waals surface area contributed by atoms with E-state index in [-0.39, 0.29) is 54.2 Å². The van der Waals surface area contributed by atoms with E-state index in [1.54, 1.807) is 0 Å². The molecule has 1 fully saturated rings. The van der Waals surface area contributed by atoms with Gasteiger partial charge in [0.05, 0.1) is 33.1 Å². The molecule has 7 nitrogen and oxygen atoms in total. The molecule has 2 unspecified atom stereocenters. The molecule has 128 valence electrons. The molecule has 22 heavy (non-hydrogen) atoms. The average molecular weight is 427 g/mol. The maximum Gasteiger partial charge on any atom is 0.310 e. The average Bonchev–Trinajstić information content (AvgIpc) is 2.87. The van der Waals surface area contributed by atoms with Crippen LogP contribution >= 0.6 is 24.0 Å². The second-order valence-corrected chi connectivity index (χ2v) is 5.07. The van der Waals surface area contributed by atoms with E-state index in [0.717, 1.165) is 19.0 Å². The van der Waals surface area contributed by atoms with E-state index in [4.69, 9.17) is 4.74 Å². The van der Waals surface area contributed by atoms with Gasteiger partial charge in [0.15, 0.2) is 5.96 Å². The fraction of sp³-hybridized carbons (Fsp3) is 0.786. The summed E-state index contributed by atoms with van der Waals surface area (Å²) in [6.07, 6.45) is 0.245. The number of esters is 2. The standard InChI is InChI=1S/C14H25N3O4.HI/c1-5-15-14(16-7-6-12(18)20-3)17-8-10(2)11(9-17)13(19)21-4;/h10-11H,5-9H2,1-4H3,(H,15,16);1H. The van der Waals surface area contributed by atoms with E-state index in [0.29, 0.717) is 13.1 Å². The molecule has 8 heteroatoms. The van der Waals surface area contributed by atoms with Crippen LogP contribution in [0.3, 0.4) is 0 Å². The van der Waals surface area contributed by atoms with E-state index in [1.165, 1.54) is 14.2 Å². The highest BCUT2D eigenvalue weighted by atomic mass is 127. The molecule has 0 aromatic carbocycles. The number of nitrogens with one attached hydrogen (secondary N) is 1. The molecule has 0 amide bonds. The molecule has 0 spiro atoms. The van der Waals surface area contributed by atoms with E-state index in [2.05, 4.69) is 15.0 Å². The zero-order chi connectivity index (χ0) is 15.8. The number of hydrogen-bond acceptors (Lipinski definition) is 5. The maximum atomic E-state index is 11.7. The van der Waals surface area contributed by atoms with Crippen molar-refractivity contribution in [3.63, 3.8) is 0 Å². The summed E-state index contributed by atoms with van der Waals surface area (Å²) in [6, 6.07) is 0. The van der Waals surface area contributed by atoms with Crippen LogP contribution in [0.2, 0.25) is 0 Å². The molecule has 0 radical (unpaired) electrons. The lowest BCUT2D eigenvalue weighted by atomic mass is 9.99. The minimum atomic E-state index is -0.281. The first kappa shape index (κ1) is 20.9. The van der Waals surface area contributed by atoms with Gasteiger partial charge in [0.1, 0.15) is 0 Å². The van der Waals surface area contributed by atoms with E-state index < -0.39 is 0 Å². The van der Waals surface area contributed by atoms with Gasteiger partial charge in [0, 0.05) is 19.6 Å². The second kappa shape index (κ2) is 10.6. The highest BCUT2D eigenvalue weighted by molar-refractivity contribution is 14.0. The molecule has 1 heterocycles. The molecular formula is C14H26IN3O4. The monoisotopic (exact) mass is 427 g/mol. The number of likely N-dealkylation sites (tertiary alicyclic amines) is 1. The van der Waals surface area contributed by atoms with E-state index in [1.807, 2.05) is 18.7 Å². The number of aliphatic imine (C=N–C) groups is 1. The lowest BCUT2D eigenvalue weighted by Gasteiger charge is -2.21. The van der Waals surface area contributed by atoms with Crippen molar-refractivity contribution in [1.29, 1.82) is 0 Å². The van der Waals surface area contributed by atoms with Crippen LogP contribution in [-0.4, -0.2) is 63.2 Å². The topological polar surface area (TPSA) is 80.2 Å². The summed E-state index contributed by atoms with van der Waals surface area (Å²) in [5.41, 5.74) is 0. The third kappa shape index (κ3) is 5.98. The maximum absolute atomic E-state index is 11.7. The Balaban J connectivity index is 0.00000441. The highest BCUT2D eigenvalue weighted by Gasteiger charge is 2.36. The van der Waals surface area contributed by atoms with Crippen LogP contribution in [0.4, 0.5) is 0 Å². The fourth-order valence-electron chi connectivity index (χ4n) is 2.38. The summed E-state index contributed by atoms with van der Waals surface area (Å²) in [6.45, 7) is 6.42. The smallest absolute Gasteiger partial charge is 0.310 e. The second-order valence-electron chi connectivity index (χ2n) is 5.07. The molecule has 1 N–H and O–H groups in total. The number of rotatable bonds is 5. The predicted molar refractivity (Wildman–Crippen MR) is 94.3 cm³/mol. The summed E-state index contributed by atoms with van der Waals surface area (Å²) < 4.78 is 9.43. The van der Waals surface area contributed by atoms with Crippen LogP contribution in [-0.2, 0) is 19.1 Å². The van der Waals surface area contributed by atoms with Crippen molar-refractivity contribution in [2.45, 2.75) is 20.3 Å². The minimum Gasteiger partial charge on any atom is -0.469 e. The minimum absolute atomic E-state index is 0. The van der Waals surface area contributed by atoms with Gasteiger partial charge in [-0.1, -0.05) is 6.92 Å². The predicted octanol–water partition coefficient (Wildman–Crippen LogP) is 0.874. The Morgan fingerprint density at radius 1 is 1.27 bits per heavy atom. The number of carbonyl (C=O) groups is 2. The molecular weight excluding hydrogens is 401 g/mol. The Morgan fingerprint density at radius 3 is 2.50 bits per heavy atom. The summed E-state index contributed by atoms with van der Waals surface area (Å²) in [7, 11) is 2.77. The van der Waals surface area contributed by atoms with Crippen molar-refractivity contribution in [2.75, 3.05) is 40.4 Å². The normalized spacial score (nSPS) is 21.1. The lowest BCUT2D eigenvalue weighted by molar-refractivity contribution is -0.146. The summed E-state index contributed by atoms with van der Waals surface area (Å²) in [5.74, 6) is 0.327. The van der Waals surface area contributed by atoms with Crippen molar-refractivity contribution in [2.24, 2.45) is 16.8 Å². The summed E-state index contributed by atoms with van der Waals surface area (Å²) in [5, 5.41) is 3.19. The molecule has 0 aromatic heterocycles. The molecule has 1 aliphatic rings. The molecule has 0 aromatic rings. The fourth-order valence-corrected chi connectivity index (χ4v) is 2.38. The van der Waals surface area contributed by atoms with E-state index >= 15 is 0 Å². The molecule has 1 saturated heterocycles. The van der Waals surface area contributed by atoms with Gasteiger partial charge in [-0.15, -0.1) is 24.0 Å². The Hall–Kier alpha value is -1.06. The first-order valence-electron chi connectivity index (χ1n) is 7.21. The van der Waals surface area contributed by atoms with Crippen LogP contribution in [0, 0.1) is 11.8 Å². The van der Waals surface area contributed by atoms with Gasteiger partial charge in [-0.2, -0.15) is 0 Å². The largest absolute Gasteiger partial charge is 0.469 e. The zero-order valence-electron chi connectivity index (χ0n) is 13.6. The van der Waals surface area contributed by atoms with E-state index in [9.17, 15) is 9.59 Å².